The maximum absolute atomic E-state index is 4.00. The minimum atomic E-state index is 0.831. The fraction of sp³-hybridized carbons (Fsp3) is 0.909. The van der Waals surface area contributed by atoms with Gasteiger partial charge in [-0.25, -0.2) is 0 Å². The molecule has 3 aliphatic carbocycles. The lowest BCUT2D eigenvalue weighted by Crippen LogP contribution is -2.32. The average molecular weight is 303 g/mol. The van der Waals surface area contributed by atoms with Gasteiger partial charge >= 0.3 is 0 Å². The first-order valence-electron chi connectivity index (χ1n) is 10.3. The van der Waals surface area contributed by atoms with E-state index in [2.05, 4.69) is 26.5 Å². The third kappa shape index (κ3) is 3.80. The molecule has 0 nitrogen and oxygen atoms in total. The van der Waals surface area contributed by atoms with Crippen molar-refractivity contribution < 1.29 is 0 Å². The standard InChI is InChI=1S/C22H38/c1-4-18-6-8-19(9-7-18)20-10-12-21(13-11-20)22-14-5-16(2)15-17(22)3/h4,16-22H,1,5-15H2,2-3H3. The highest BCUT2D eigenvalue weighted by atomic mass is 14.4. The summed E-state index contributed by atoms with van der Waals surface area (Å²) in [6.07, 6.45) is 18.8. The van der Waals surface area contributed by atoms with Gasteiger partial charge in [-0.05, 0) is 106 Å². The molecule has 126 valence electrons. The number of hydrogen-bond donors (Lipinski definition) is 0. The molecular formula is C22H38. The molecule has 0 aromatic heterocycles. The van der Waals surface area contributed by atoms with Crippen LogP contribution in [0.25, 0.3) is 0 Å². The summed E-state index contributed by atoms with van der Waals surface area (Å²) in [6, 6.07) is 0. The largest absolute Gasteiger partial charge is 0.103 e. The monoisotopic (exact) mass is 302 g/mol. The molecule has 0 heteroatoms. The van der Waals surface area contributed by atoms with Gasteiger partial charge in [-0.2, -0.15) is 0 Å². The quantitative estimate of drug-likeness (QED) is 0.500. The Kier molecular flexibility index (Phi) is 5.69. The van der Waals surface area contributed by atoms with Gasteiger partial charge in [0.2, 0.25) is 0 Å². The minimum Gasteiger partial charge on any atom is -0.103 e. The molecule has 0 radical (unpaired) electrons. The molecule has 0 heterocycles. The van der Waals surface area contributed by atoms with E-state index in [0.717, 1.165) is 41.4 Å². The topological polar surface area (TPSA) is 0 Å². The first-order chi connectivity index (χ1) is 10.7. The Labute approximate surface area is 139 Å². The van der Waals surface area contributed by atoms with E-state index in [-0.39, 0.29) is 0 Å². The van der Waals surface area contributed by atoms with Crippen LogP contribution >= 0.6 is 0 Å². The second-order valence-electron chi connectivity index (χ2n) is 9.14. The SMILES string of the molecule is C=CC1CCC(C2CCC(C3CCC(C)CC3C)CC2)CC1. The van der Waals surface area contributed by atoms with Crippen LogP contribution in [-0.2, 0) is 0 Å². The highest BCUT2D eigenvalue weighted by Crippen LogP contribution is 2.47. The first kappa shape index (κ1) is 16.6. The molecule has 3 rings (SSSR count). The molecule has 0 spiro atoms. The maximum Gasteiger partial charge on any atom is -0.0236 e. The Morgan fingerprint density at radius 1 is 0.682 bits per heavy atom. The second kappa shape index (κ2) is 7.54. The van der Waals surface area contributed by atoms with E-state index in [1.807, 2.05) is 0 Å². The van der Waals surface area contributed by atoms with Crippen LogP contribution in [0.3, 0.4) is 0 Å². The minimum absolute atomic E-state index is 0.831. The van der Waals surface area contributed by atoms with Gasteiger partial charge in [-0.1, -0.05) is 26.3 Å². The summed E-state index contributed by atoms with van der Waals surface area (Å²) in [4.78, 5) is 0. The van der Waals surface area contributed by atoms with E-state index in [0.29, 0.717) is 0 Å². The predicted molar refractivity (Wildman–Crippen MR) is 96.8 cm³/mol. The Balaban J connectivity index is 1.45. The van der Waals surface area contributed by atoms with Crippen molar-refractivity contribution in [3.8, 4) is 0 Å². The lowest BCUT2D eigenvalue weighted by molar-refractivity contribution is 0.0799. The van der Waals surface area contributed by atoms with Crippen LogP contribution in [0.5, 0.6) is 0 Å². The summed E-state index contributed by atoms with van der Waals surface area (Å²) in [6.45, 7) is 9.00. The van der Waals surface area contributed by atoms with Crippen molar-refractivity contribution >= 4 is 0 Å². The lowest BCUT2D eigenvalue weighted by Gasteiger charge is -2.43. The van der Waals surface area contributed by atoms with Gasteiger partial charge in [0, 0.05) is 0 Å². The van der Waals surface area contributed by atoms with E-state index >= 15 is 0 Å². The molecule has 0 aromatic rings. The molecule has 0 aliphatic heterocycles. The molecule has 0 aromatic carbocycles. The van der Waals surface area contributed by atoms with Crippen LogP contribution < -0.4 is 0 Å². The summed E-state index contributed by atoms with van der Waals surface area (Å²) >= 11 is 0. The van der Waals surface area contributed by atoms with Crippen LogP contribution in [0.1, 0.15) is 84.5 Å². The summed E-state index contributed by atoms with van der Waals surface area (Å²) in [7, 11) is 0. The Bertz CT molecular complexity index is 341. The van der Waals surface area contributed by atoms with Crippen LogP contribution in [-0.4, -0.2) is 0 Å². The normalized spacial score (nSPS) is 47.1. The van der Waals surface area contributed by atoms with Crippen LogP contribution in [0.4, 0.5) is 0 Å². The van der Waals surface area contributed by atoms with E-state index in [1.165, 1.54) is 44.9 Å². The highest BCUT2D eigenvalue weighted by molar-refractivity contribution is 4.89. The van der Waals surface area contributed by atoms with Crippen LogP contribution in [0, 0.1) is 41.4 Å². The summed E-state index contributed by atoms with van der Waals surface area (Å²) in [5.41, 5.74) is 0. The summed E-state index contributed by atoms with van der Waals surface area (Å²) in [5.74, 6) is 7.08. The molecule has 0 saturated heterocycles. The van der Waals surface area contributed by atoms with Crippen LogP contribution in [0.2, 0.25) is 0 Å². The van der Waals surface area contributed by atoms with Crippen molar-refractivity contribution in [2.24, 2.45) is 41.4 Å². The molecule has 3 unspecified atom stereocenters. The Morgan fingerprint density at radius 2 is 1.23 bits per heavy atom. The molecular weight excluding hydrogens is 264 g/mol. The molecule has 0 amide bonds. The van der Waals surface area contributed by atoms with Gasteiger partial charge in [0.1, 0.15) is 0 Å². The third-order valence-corrected chi connectivity index (χ3v) is 7.74. The zero-order chi connectivity index (χ0) is 15.5. The fourth-order valence-corrected chi connectivity index (χ4v) is 6.29. The first-order valence-corrected chi connectivity index (χ1v) is 10.3. The summed E-state index contributed by atoms with van der Waals surface area (Å²) < 4.78 is 0. The lowest BCUT2D eigenvalue weighted by atomic mass is 9.63. The Morgan fingerprint density at radius 3 is 1.77 bits per heavy atom. The predicted octanol–water partition coefficient (Wildman–Crippen LogP) is 6.86. The van der Waals surface area contributed by atoms with Gasteiger partial charge in [-0.15, -0.1) is 6.58 Å². The maximum atomic E-state index is 4.00. The van der Waals surface area contributed by atoms with E-state index in [1.54, 1.807) is 25.7 Å². The van der Waals surface area contributed by atoms with E-state index in [9.17, 15) is 0 Å². The molecule has 3 aliphatic rings. The van der Waals surface area contributed by atoms with Crippen molar-refractivity contribution in [3.05, 3.63) is 12.7 Å². The molecule has 22 heavy (non-hydrogen) atoms. The smallest absolute Gasteiger partial charge is 0.0236 e. The van der Waals surface area contributed by atoms with Crippen molar-refractivity contribution in [1.82, 2.24) is 0 Å². The molecule has 3 fully saturated rings. The Hall–Kier alpha value is -0.260. The molecule has 0 N–H and O–H groups in total. The van der Waals surface area contributed by atoms with Crippen LogP contribution in [0.15, 0.2) is 12.7 Å². The van der Waals surface area contributed by atoms with Gasteiger partial charge < -0.3 is 0 Å². The molecule has 3 atom stereocenters. The average Bonchev–Trinajstić information content (AvgIpc) is 2.55. The third-order valence-electron chi connectivity index (χ3n) is 7.74. The highest BCUT2D eigenvalue weighted by Gasteiger charge is 2.36. The van der Waals surface area contributed by atoms with Crippen molar-refractivity contribution in [1.29, 1.82) is 0 Å². The summed E-state index contributed by atoms with van der Waals surface area (Å²) in [5, 5.41) is 0. The molecule has 3 saturated carbocycles. The van der Waals surface area contributed by atoms with Crippen molar-refractivity contribution in [2.45, 2.75) is 84.5 Å². The van der Waals surface area contributed by atoms with Crippen molar-refractivity contribution in [2.75, 3.05) is 0 Å². The zero-order valence-electron chi connectivity index (χ0n) is 15.1. The molecule has 0 bridgehead atoms. The number of allylic oxidation sites excluding steroid dienone is 1. The number of hydrogen-bond acceptors (Lipinski definition) is 0. The second-order valence-corrected chi connectivity index (χ2v) is 9.14. The van der Waals surface area contributed by atoms with Gasteiger partial charge in [-0.3, -0.25) is 0 Å². The van der Waals surface area contributed by atoms with E-state index < -0.39 is 0 Å². The fourth-order valence-electron chi connectivity index (χ4n) is 6.29. The zero-order valence-corrected chi connectivity index (χ0v) is 15.1. The van der Waals surface area contributed by atoms with Gasteiger partial charge in [0.25, 0.3) is 0 Å². The number of rotatable bonds is 3. The van der Waals surface area contributed by atoms with Crippen molar-refractivity contribution in [3.63, 3.8) is 0 Å². The van der Waals surface area contributed by atoms with E-state index in [4.69, 9.17) is 0 Å². The van der Waals surface area contributed by atoms with Gasteiger partial charge in [0.05, 0.1) is 0 Å². The van der Waals surface area contributed by atoms with Gasteiger partial charge in [0.15, 0.2) is 0 Å².